The van der Waals surface area contributed by atoms with Gasteiger partial charge in [-0.05, 0) is 18.9 Å². The number of alkyl halides is 3. The zero-order chi connectivity index (χ0) is 22.2. The predicted molar refractivity (Wildman–Crippen MR) is 106 cm³/mol. The summed E-state index contributed by atoms with van der Waals surface area (Å²) in [5.41, 5.74) is 4.02. The van der Waals surface area contributed by atoms with Crippen LogP contribution in [-0.2, 0) is 6.18 Å². The van der Waals surface area contributed by atoms with Crippen molar-refractivity contribution in [1.82, 2.24) is 24.3 Å². The molecule has 0 amide bonds. The number of imidazole rings is 1. The van der Waals surface area contributed by atoms with Crippen molar-refractivity contribution in [3.63, 3.8) is 0 Å². The Morgan fingerprint density at radius 2 is 2.06 bits per heavy atom. The number of β-amino-alcohol motifs (C(OH)–C–C–N with tert-alkyl or cyclic N) is 1. The summed E-state index contributed by atoms with van der Waals surface area (Å²) in [5, 5.41) is 18.4. The normalized spacial score (nSPS) is 20.3. The number of hydrogen-bond acceptors (Lipinski definition) is 8. The number of anilines is 1. The van der Waals surface area contributed by atoms with Crippen LogP contribution in [0, 0.1) is 5.41 Å². The molecule has 0 radical (unpaired) electrons. The first-order chi connectivity index (χ1) is 14.7. The van der Waals surface area contributed by atoms with E-state index in [4.69, 9.17) is 11.1 Å². The summed E-state index contributed by atoms with van der Waals surface area (Å²) in [6.07, 6.45) is 3.50. The van der Waals surface area contributed by atoms with Gasteiger partial charge in [-0.3, -0.25) is 4.40 Å². The molecular formula is C19H19F3N8O. The van der Waals surface area contributed by atoms with Gasteiger partial charge in [0, 0.05) is 36.9 Å². The van der Waals surface area contributed by atoms with Crippen LogP contribution in [0.15, 0.2) is 42.6 Å². The Bertz CT molecular complexity index is 1160. The van der Waals surface area contributed by atoms with Gasteiger partial charge in [0.1, 0.15) is 17.1 Å². The van der Waals surface area contributed by atoms with E-state index in [-0.39, 0.29) is 23.7 Å². The Morgan fingerprint density at radius 1 is 1.26 bits per heavy atom. The molecule has 1 aliphatic heterocycles. The van der Waals surface area contributed by atoms with Gasteiger partial charge in [0.2, 0.25) is 0 Å². The van der Waals surface area contributed by atoms with Crippen molar-refractivity contribution in [3.05, 3.63) is 48.3 Å². The maximum atomic E-state index is 13.1. The maximum Gasteiger partial charge on any atom is 0.434 e. The van der Waals surface area contributed by atoms with Crippen molar-refractivity contribution in [3.8, 4) is 11.5 Å². The average molecular weight is 432 g/mol. The van der Waals surface area contributed by atoms with E-state index in [1.54, 1.807) is 6.07 Å². The second-order valence-corrected chi connectivity index (χ2v) is 7.20. The van der Waals surface area contributed by atoms with Gasteiger partial charge in [-0.25, -0.2) is 19.9 Å². The fourth-order valence-corrected chi connectivity index (χ4v) is 3.65. The predicted octanol–water partition coefficient (Wildman–Crippen LogP) is 2.03. The fourth-order valence-electron chi connectivity index (χ4n) is 3.65. The molecular weight excluding hydrogens is 413 g/mol. The number of halogens is 3. The molecule has 1 unspecified atom stereocenters. The van der Waals surface area contributed by atoms with Crippen LogP contribution in [-0.4, -0.2) is 54.3 Å². The van der Waals surface area contributed by atoms with E-state index in [1.807, 2.05) is 4.90 Å². The number of hydrogen-bond donors (Lipinski definition) is 3. The minimum atomic E-state index is -4.60. The van der Waals surface area contributed by atoms with Crippen LogP contribution in [0.2, 0.25) is 0 Å². The Kier molecular flexibility index (Phi) is 5.09. The summed E-state index contributed by atoms with van der Waals surface area (Å²) in [7, 11) is 0. The van der Waals surface area contributed by atoms with Crippen molar-refractivity contribution in [1.29, 1.82) is 5.41 Å². The lowest BCUT2D eigenvalue weighted by atomic mass is 9.86. The molecule has 4 heterocycles. The first kappa shape index (κ1) is 20.7. The third kappa shape index (κ3) is 3.81. The van der Waals surface area contributed by atoms with Crippen LogP contribution in [0.5, 0.6) is 0 Å². The molecule has 162 valence electrons. The van der Waals surface area contributed by atoms with Gasteiger partial charge in [-0.1, -0.05) is 0 Å². The molecule has 0 bridgehead atoms. The number of nitrogens with one attached hydrogen (secondary N) is 1. The highest BCUT2D eigenvalue weighted by Crippen LogP contribution is 2.31. The van der Waals surface area contributed by atoms with Crippen LogP contribution in [0.25, 0.3) is 17.2 Å². The Hall–Kier alpha value is -3.54. The molecule has 1 aliphatic rings. The number of rotatable bonds is 4. The van der Waals surface area contributed by atoms with E-state index in [2.05, 4.69) is 19.9 Å². The molecule has 0 saturated carbocycles. The Labute approximate surface area is 174 Å². The lowest BCUT2D eigenvalue weighted by molar-refractivity contribution is -0.141. The van der Waals surface area contributed by atoms with Crippen molar-refractivity contribution in [2.24, 2.45) is 5.73 Å². The summed E-state index contributed by atoms with van der Waals surface area (Å²) in [5.74, 6) is 0.671. The van der Waals surface area contributed by atoms with Crippen LogP contribution in [0.3, 0.4) is 0 Å². The lowest BCUT2D eigenvalue weighted by Crippen LogP contribution is -2.50. The summed E-state index contributed by atoms with van der Waals surface area (Å²) in [6, 6.07) is 1.65. The molecule has 1 atom stereocenters. The molecule has 1 fully saturated rings. The number of fused-ring (bicyclic) bond motifs is 1. The van der Waals surface area contributed by atoms with Crippen molar-refractivity contribution >= 4 is 17.7 Å². The van der Waals surface area contributed by atoms with E-state index in [0.29, 0.717) is 30.8 Å². The summed E-state index contributed by atoms with van der Waals surface area (Å²) in [6.45, 7) is 0.765. The van der Waals surface area contributed by atoms with Gasteiger partial charge >= 0.3 is 6.18 Å². The van der Waals surface area contributed by atoms with Gasteiger partial charge in [-0.15, -0.1) is 0 Å². The molecule has 31 heavy (non-hydrogen) atoms. The molecule has 3 aromatic heterocycles. The van der Waals surface area contributed by atoms with E-state index in [9.17, 15) is 18.3 Å². The van der Waals surface area contributed by atoms with Crippen molar-refractivity contribution < 1.29 is 18.3 Å². The summed E-state index contributed by atoms with van der Waals surface area (Å²) >= 11 is 0. The highest BCUT2D eigenvalue weighted by Gasteiger charge is 2.37. The fraction of sp³-hybridized carbons (Fsp3) is 0.316. The zero-order valence-corrected chi connectivity index (χ0v) is 16.2. The molecule has 0 spiro atoms. The lowest BCUT2D eigenvalue weighted by Gasteiger charge is -2.40. The molecule has 1 saturated heterocycles. The van der Waals surface area contributed by atoms with Gasteiger partial charge in [0.15, 0.2) is 17.2 Å². The average Bonchev–Trinajstić information content (AvgIpc) is 3.17. The number of piperidine rings is 1. The summed E-state index contributed by atoms with van der Waals surface area (Å²) < 4.78 is 40.5. The summed E-state index contributed by atoms with van der Waals surface area (Å²) in [4.78, 5) is 18.0. The topological polar surface area (TPSA) is 129 Å². The third-order valence-corrected chi connectivity index (χ3v) is 5.22. The largest absolute Gasteiger partial charge is 0.434 e. The molecule has 0 aliphatic carbocycles. The van der Waals surface area contributed by atoms with Crippen molar-refractivity contribution in [2.75, 3.05) is 18.0 Å². The molecule has 9 nitrogen and oxygen atoms in total. The third-order valence-electron chi connectivity index (χ3n) is 5.22. The van der Waals surface area contributed by atoms with E-state index in [1.165, 1.54) is 23.0 Å². The monoisotopic (exact) mass is 432 g/mol. The minimum absolute atomic E-state index is 0.164. The highest BCUT2D eigenvalue weighted by atomic mass is 19.4. The zero-order valence-electron chi connectivity index (χ0n) is 16.2. The van der Waals surface area contributed by atoms with Crippen LogP contribution >= 0.6 is 0 Å². The number of aromatic nitrogens is 5. The maximum absolute atomic E-state index is 13.1. The van der Waals surface area contributed by atoms with Crippen molar-refractivity contribution in [2.45, 2.75) is 24.6 Å². The Morgan fingerprint density at radius 3 is 2.77 bits per heavy atom. The number of nitrogens with two attached hydrogens (primary N) is 1. The van der Waals surface area contributed by atoms with Gasteiger partial charge in [0.25, 0.3) is 0 Å². The van der Waals surface area contributed by atoms with Gasteiger partial charge < -0.3 is 21.1 Å². The van der Waals surface area contributed by atoms with Crippen LogP contribution < -0.4 is 10.6 Å². The quantitative estimate of drug-likeness (QED) is 0.538. The first-order valence-corrected chi connectivity index (χ1v) is 9.39. The second-order valence-electron chi connectivity index (χ2n) is 7.20. The number of nitrogens with zero attached hydrogens (tertiary/aromatic N) is 6. The van der Waals surface area contributed by atoms with Gasteiger partial charge in [-0.2, -0.15) is 13.2 Å². The molecule has 4 rings (SSSR count). The minimum Gasteiger partial charge on any atom is -0.404 e. The van der Waals surface area contributed by atoms with E-state index < -0.39 is 17.5 Å². The molecule has 3 aromatic rings. The smallest absolute Gasteiger partial charge is 0.404 e. The molecule has 0 aromatic carbocycles. The standard InChI is InChI=1S/C19H19F3N8O/c20-19(21,22)14-10-30-13(8-27-16(30)9-26-14)17-25-4-2-15(28-17)29-5-1-3-18(31,11-29)12(6-23)7-24/h2,4,6-10,23,31H,1,3,5,11,24H2/b12-7+,23-6?. The number of aliphatic hydroxyl groups is 1. The van der Waals surface area contributed by atoms with E-state index in [0.717, 1.165) is 18.6 Å². The Balaban J connectivity index is 1.70. The highest BCUT2D eigenvalue weighted by molar-refractivity contribution is 5.79. The second kappa shape index (κ2) is 7.61. The molecule has 12 heteroatoms. The van der Waals surface area contributed by atoms with Crippen LogP contribution in [0.1, 0.15) is 18.5 Å². The first-order valence-electron chi connectivity index (χ1n) is 9.39. The molecule has 4 N–H and O–H groups in total. The SMILES string of the molecule is N=C/C(=C\N)C1(O)CCCN(c2ccnc(-c3cnc4cnc(C(F)(F)F)cn34)n2)C1. The van der Waals surface area contributed by atoms with Gasteiger partial charge in [0.05, 0.1) is 18.9 Å². The van der Waals surface area contributed by atoms with E-state index >= 15 is 0 Å². The van der Waals surface area contributed by atoms with Crippen LogP contribution in [0.4, 0.5) is 19.0 Å².